The minimum atomic E-state index is -0.522. The fourth-order valence-electron chi connectivity index (χ4n) is 3.06. The molecule has 1 amide bonds. The zero-order chi connectivity index (χ0) is 20.7. The van der Waals surface area contributed by atoms with Crippen molar-refractivity contribution in [3.05, 3.63) is 75.8 Å². The van der Waals surface area contributed by atoms with Gasteiger partial charge >= 0.3 is 5.97 Å². The molecule has 148 valence electrons. The Morgan fingerprint density at radius 1 is 1.07 bits per heavy atom. The van der Waals surface area contributed by atoms with Crippen LogP contribution in [0.15, 0.2) is 54.6 Å². The largest absolute Gasteiger partial charge is 0.469 e. The number of nitrogens with zero attached hydrogens (tertiary/aromatic N) is 2. The molecule has 0 radical (unpaired) electrons. The van der Waals surface area contributed by atoms with E-state index in [1.807, 2.05) is 37.3 Å². The summed E-state index contributed by atoms with van der Waals surface area (Å²) in [5.41, 5.74) is 1.16. The summed E-state index contributed by atoms with van der Waals surface area (Å²) in [5, 5.41) is 11.3. The van der Waals surface area contributed by atoms with Crippen molar-refractivity contribution in [1.82, 2.24) is 4.90 Å². The van der Waals surface area contributed by atoms with Crippen molar-refractivity contribution < 1.29 is 19.2 Å². The molecule has 7 nitrogen and oxygen atoms in total. The van der Waals surface area contributed by atoms with Crippen LogP contribution in [0, 0.1) is 16.0 Å². The van der Waals surface area contributed by atoms with Gasteiger partial charge in [0.2, 0.25) is 5.91 Å². The summed E-state index contributed by atoms with van der Waals surface area (Å²) in [6.45, 7) is 3.72. The van der Waals surface area contributed by atoms with Crippen LogP contribution in [-0.4, -0.2) is 35.4 Å². The Balaban J connectivity index is 2.31. The number of para-hydroxylation sites is 1. The zero-order valence-electron chi connectivity index (χ0n) is 16.2. The Kier molecular flexibility index (Phi) is 7.26. The van der Waals surface area contributed by atoms with Crippen molar-refractivity contribution in [3.63, 3.8) is 0 Å². The summed E-state index contributed by atoms with van der Waals surface area (Å²) in [6, 6.07) is 15.3. The highest BCUT2D eigenvalue weighted by atomic mass is 16.6. The lowest BCUT2D eigenvalue weighted by Gasteiger charge is -2.31. The van der Waals surface area contributed by atoms with Gasteiger partial charge in [-0.2, -0.15) is 0 Å². The summed E-state index contributed by atoms with van der Waals surface area (Å²) in [5.74, 6) is -1.23. The maximum absolute atomic E-state index is 13.1. The number of hydrogen-bond donors (Lipinski definition) is 0. The van der Waals surface area contributed by atoms with Gasteiger partial charge in [-0.1, -0.05) is 55.5 Å². The van der Waals surface area contributed by atoms with Gasteiger partial charge in [-0.3, -0.25) is 19.7 Å². The minimum absolute atomic E-state index is 0.0934. The predicted molar refractivity (Wildman–Crippen MR) is 105 cm³/mol. The normalized spacial score (nSPS) is 12.7. The summed E-state index contributed by atoms with van der Waals surface area (Å²) < 4.78 is 4.78. The van der Waals surface area contributed by atoms with Crippen molar-refractivity contribution in [2.75, 3.05) is 13.7 Å². The van der Waals surface area contributed by atoms with Crippen molar-refractivity contribution in [1.29, 1.82) is 0 Å². The van der Waals surface area contributed by atoms with Gasteiger partial charge in [0.05, 0.1) is 30.4 Å². The number of carbonyl (C=O) groups is 2. The van der Waals surface area contributed by atoms with Crippen molar-refractivity contribution in [2.45, 2.75) is 26.3 Å². The molecule has 28 heavy (non-hydrogen) atoms. The Morgan fingerprint density at radius 3 is 2.29 bits per heavy atom. The molecule has 2 atom stereocenters. The topological polar surface area (TPSA) is 89.8 Å². The summed E-state index contributed by atoms with van der Waals surface area (Å²) >= 11 is 0. The molecule has 0 aliphatic rings. The van der Waals surface area contributed by atoms with Crippen LogP contribution in [0.5, 0.6) is 0 Å². The molecule has 0 spiro atoms. The van der Waals surface area contributed by atoms with Crippen LogP contribution >= 0.6 is 0 Å². The zero-order valence-corrected chi connectivity index (χ0v) is 16.2. The maximum Gasteiger partial charge on any atom is 0.310 e. The summed E-state index contributed by atoms with van der Waals surface area (Å²) in [4.78, 5) is 37.3. The second-order valence-corrected chi connectivity index (χ2v) is 6.62. The van der Waals surface area contributed by atoms with E-state index in [0.29, 0.717) is 5.56 Å². The number of ether oxygens (including phenoxy) is 1. The average molecular weight is 384 g/mol. The third kappa shape index (κ3) is 5.16. The van der Waals surface area contributed by atoms with Gasteiger partial charge in [-0.25, -0.2) is 0 Å². The van der Waals surface area contributed by atoms with Gasteiger partial charge in [0.25, 0.3) is 5.69 Å². The Labute approximate surface area is 164 Å². The number of methoxy groups -OCH3 is 1. The molecule has 2 unspecified atom stereocenters. The first-order valence-electron chi connectivity index (χ1n) is 8.99. The molecule has 0 aromatic heterocycles. The lowest BCUT2D eigenvalue weighted by molar-refractivity contribution is -0.385. The number of hydrogen-bond acceptors (Lipinski definition) is 5. The molecule has 0 N–H and O–H groups in total. The highest BCUT2D eigenvalue weighted by Crippen LogP contribution is 2.25. The number of rotatable bonds is 8. The monoisotopic (exact) mass is 384 g/mol. The van der Waals surface area contributed by atoms with Crippen LogP contribution < -0.4 is 0 Å². The van der Waals surface area contributed by atoms with E-state index in [2.05, 4.69) is 0 Å². The van der Waals surface area contributed by atoms with Crippen molar-refractivity contribution in [3.8, 4) is 0 Å². The number of amides is 1. The number of benzene rings is 2. The Bertz CT molecular complexity index is 838. The van der Waals surface area contributed by atoms with E-state index in [9.17, 15) is 19.7 Å². The average Bonchev–Trinajstić information content (AvgIpc) is 2.71. The molecule has 0 fully saturated rings. The van der Waals surface area contributed by atoms with Crippen molar-refractivity contribution >= 4 is 17.6 Å². The molecule has 0 heterocycles. The third-order valence-corrected chi connectivity index (χ3v) is 4.67. The first-order valence-corrected chi connectivity index (χ1v) is 8.99. The van der Waals surface area contributed by atoms with Crippen LogP contribution in [0.1, 0.15) is 31.0 Å². The summed E-state index contributed by atoms with van der Waals surface area (Å²) in [7, 11) is 1.30. The van der Waals surface area contributed by atoms with E-state index in [1.54, 1.807) is 30.0 Å². The second kappa shape index (κ2) is 9.64. The van der Waals surface area contributed by atoms with E-state index >= 15 is 0 Å². The molecular weight excluding hydrogens is 360 g/mol. The van der Waals surface area contributed by atoms with Crippen LogP contribution in [0.25, 0.3) is 0 Å². The molecule has 0 bridgehead atoms. The van der Waals surface area contributed by atoms with Gasteiger partial charge in [-0.15, -0.1) is 0 Å². The highest BCUT2D eigenvalue weighted by Gasteiger charge is 2.28. The molecule has 0 aliphatic carbocycles. The van der Waals surface area contributed by atoms with Crippen molar-refractivity contribution in [2.24, 2.45) is 5.92 Å². The van der Waals surface area contributed by atoms with Crippen LogP contribution in [0.4, 0.5) is 5.69 Å². The maximum atomic E-state index is 13.1. The van der Waals surface area contributed by atoms with E-state index in [0.717, 1.165) is 5.56 Å². The number of carbonyl (C=O) groups excluding carboxylic acids is 2. The first-order chi connectivity index (χ1) is 13.3. The lowest BCUT2D eigenvalue weighted by atomic mass is 10.0. The smallest absolute Gasteiger partial charge is 0.310 e. The molecular formula is C21H24N2O5. The van der Waals surface area contributed by atoms with E-state index in [-0.39, 0.29) is 30.6 Å². The molecule has 0 saturated heterocycles. The quantitative estimate of drug-likeness (QED) is 0.394. The van der Waals surface area contributed by atoms with Crippen LogP contribution in [-0.2, 0) is 20.7 Å². The molecule has 2 aromatic carbocycles. The van der Waals surface area contributed by atoms with Gasteiger partial charge in [0, 0.05) is 18.2 Å². The molecule has 0 saturated carbocycles. The lowest BCUT2D eigenvalue weighted by Crippen LogP contribution is -2.40. The van der Waals surface area contributed by atoms with E-state index < -0.39 is 16.8 Å². The third-order valence-electron chi connectivity index (χ3n) is 4.67. The molecule has 2 aromatic rings. The standard InChI is InChI=1S/C21H24N2O5/c1-15(21(25)28-3)14-22(16(2)17-9-5-4-6-10-17)20(24)13-18-11-7-8-12-19(18)23(26)27/h4-12,15-16H,13-14H2,1-3H3. The van der Waals surface area contributed by atoms with E-state index in [1.165, 1.54) is 13.2 Å². The fourth-order valence-corrected chi connectivity index (χ4v) is 3.06. The SMILES string of the molecule is COC(=O)C(C)CN(C(=O)Cc1ccccc1[N+](=O)[O-])C(C)c1ccccc1. The van der Waals surface area contributed by atoms with Crippen LogP contribution in [0.2, 0.25) is 0 Å². The molecule has 2 rings (SSSR count). The summed E-state index contributed by atoms with van der Waals surface area (Å²) in [6.07, 6.45) is -0.123. The Hall–Kier alpha value is -3.22. The first kappa shape index (κ1) is 21.1. The van der Waals surface area contributed by atoms with Gasteiger partial charge in [-0.05, 0) is 12.5 Å². The molecule has 7 heteroatoms. The highest BCUT2D eigenvalue weighted by molar-refractivity contribution is 5.81. The predicted octanol–water partition coefficient (Wildman–Crippen LogP) is 3.54. The van der Waals surface area contributed by atoms with E-state index in [4.69, 9.17) is 4.74 Å². The molecule has 0 aliphatic heterocycles. The van der Waals surface area contributed by atoms with Gasteiger partial charge < -0.3 is 9.64 Å². The second-order valence-electron chi connectivity index (χ2n) is 6.62. The fraction of sp³-hybridized carbons (Fsp3) is 0.333. The van der Waals surface area contributed by atoms with Gasteiger partial charge in [0.15, 0.2) is 0 Å². The number of nitro benzene ring substituents is 1. The number of nitro groups is 1. The minimum Gasteiger partial charge on any atom is -0.469 e. The van der Waals surface area contributed by atoms with Crippen LogP contribution in [0.3, 0.4) is 0 Å². The number of esters is 1. The Morgan fingerprint density at radius 2 is 1.68 bits per heavy atom. The van der Waals surface area contributed by atoms with Gasteiger partial charge in [0.1, 0.15) is 0 Å².